The second-order valence-corrected chi connectivity index (χ2v) is 11.5. The van der Waals surface area contributed by atoms with E-state index in [0.29, 0.717) is 6.54 Å². The third kappa shape index (κ3) is 7.72. The van der Waals surface area contributed by atoms with E-state index in [4.69, 9.17) is 23.2 Å². The molecule has 1 atom stereocenters. The van der Waals surface area contributed by atoms with E-state index < -0.39 is 28.5 Å². The van der Waals surface area contributed by atoms with Gasteiger partial charge in [-0.3, -0.25) is 13.9 Å². The molecule has 0 aromatic heterocycles. The molecule has 0 spiro atoms. The Morgan fingerprint density at radius 2 is 1.50 bits per heavy atom. The van der Waals surface area contributed by atoms with Crippen LogP contribution in [0.15, 0.2) is 83.8 Å². The molecule has 0 radical (unpaired) electrons. The largest absolute Gasteiger partial charge is 0.354 e. The Hall–Kier alpha value is -3.07. The summed E-state index contributed by atoms with van der Waals surface area (Å²) in [6.07, 6.45) is 1.72. The van der Waals surface area contributed by atoms with Crippen molar-refractivity contribution in [1.29, 1.82) is 0 Å². The molecule has 0 aliphatic heterocycles. The Morgan fingerprint density at radius 3 is 2.08 bits per heavy atom. The van der Waals surface area contributed by atoms with Crippen molar-refractivity contribution in [3.05, 3.63) is 94.5 Å². The molecule has 0 aliphatic rings. The minimum atomic E-state index is -4.18. The summed E-state index contributed by atoms with van der Waals surface area (Å²) in [5.74, 6) is -0.867. The average Bonchev–Trinajstić information content (AvgIpc) is 2.90. The van der Waals surface area contributed by atoms with Gasteiger partial charge in [-0.05, 0) is 49.2 Å². The number of halogens is 2. The standard InChI is InChI=1S/C28H31Cl2N3O4S/c1-3-4-15-31-28(35)21(2)32(19-22-11-7-5-8-12-22)27(34)20-33(25-17-23(29)16-24(30)18-25)38(36,37)26-13-9-6-10-14-26/h5-14,16-18,21H,3-4,15,19-20H2,1-2H3,(H,31,35)/t21-/m0/s1. The van der Waals surface area contributed by atoms with Crippen LogP contribution >= 0.6 is 23.2 Å². The van der Waals surface area contributed by atoms with E-state index in [1.54, 1.807) is 25.1 Å². The molecule has 0 saturated heterocycles. The third-order valence-corrected chi connectivity index (χ3v) is 8.16. The fourth-order valence-corrected chi connectivity index (χ4v) is 5.76. The number of amides is 2. The fraction of sp³-hybridized carbons (Fsp3) is 0.286. The third-order valence-electron chi connectivity index (χ3n) is 5.94. The highest BCUT2D eigenvalue weighted by Gasteiger charge is 2.32. The van der Waals surface area contributed by atoms with Crippen LogP contribution in [0.3, 0.4) is 0 Å². The highest BCUT2D eigenvalue weighted by atomic mass is 35.5. The number of benzene rings is 3. The summed E-state index contributed by atoms with van der Waals surface area (Å²) in [7, 11) is -4.18. The van der Waals surface area contributed by atoms with Gasteiger partial charge in [0.15, 0.2) is 0 Å². The predicted molar refractivity (Wildman–Crippen MR) is 152 cm³/mol. The molecule has 0 fully saturated rings. The molecule has 0 unspecified atom stereocenters. The summed E-state index contributed by atoms with van der Waals surface area (Å²) in [5.41, 5.74) is 0.941. The van der Waals surface area contributed by atoms with Crippen LogP contribution in [0.25, 0.3) is 0 Å². The highest BCUT2D eigenvalue weighted by molar-refractivity contribution is 7.92. The van der Waals surface area contributed by atoms with Crippen LogP contribution in [0.2, 0.25) is 10.0 Å². The number of carbonyl (C=O) groups is 2. The zero-order valence-corrected chi connectivity index (χ0v) is 23.6. The molecule has 0 saturated carbocycles. The first-order valence-electron chi connectivity index (χ1n) is 12.3. The van der Waals surface area contributed by atoms with Crippen LogP contribution < -0.4 is 9.62 Å². The van der Waals surface area contributed by atoms with Gasteiger partial charge < -0.3 is 10.2 Å². The predicted octanol–water partition coefficient (Wildman–Crippen LogP) is 5.52. The Kier molecular flexibility index (Phi) is 10.6. The summed E-state index contributed by atoms with van der Waals surface area (Å²) in [6.45, 7) is 3.70. The van der Waals surface area contributed by atoms with Gasteiger partial charge in [0, 0.05) is 23.1 Å². The molecule has 10 heteroatoms. The van der Waals surface area contributed by atoms with Crippen LogP contribution in [-0.2, 0) is 26.2 Å². The molecule has 38 heavy (non-hydrogen) atoms. The summed E-state index contributed by atoms with van der Waals surface area (Å²) >= 11 is 12.4. The number of sulfonamides is 1. The van der Waals surface area contributed by atoms with Crippen LogP contribution in [0, 0.1) is 0 Å². The Morgan fingerprint density at radius 1 is 0.921 bits per heavy atom. The number of unbranched alkanes of at least 4 members (excludes halogenated alkanes) is 1. The van der Waals surface area contributed by atoms with Crippen LogP contribution in [0.4, 0.5) is 5.69 Å². The Labute approximate surface area is 234 Å². The summed E-state index contributed by atoms with van der Waals surface area (Å²) in [5, 5.41) is 3.30. The topological polar surface area (TPSA) is 86.8 Å². The minimum Gasteiger partial charge on any atom is -0.354 e. The molecule has 0 aliphatic carbocycles. The number of hydrogen-bond acceptors (Lipinski definition) is 4. The van der Waals surface area contributed by atoms with Crippen LogP contribution in [-0.4, -0.2) is 44.3 Å². The van der Waals surface area contributed by atoms with E-state index in [1.807, 2.05) is 37.3 Å². The monoisotopic (exact) mass is 575 g/mol. The van der Waals surface area contributed by atoms with E-state index in [-0.39, 0.29) is 33.1 Å². The summed E-state index contributed by atoms with van der Waals surface area (Å²) < 4.78 is 28.5. The van der Waals surface area contributed by atoms with Gasteiger partial charge in [-0.15, -0.1) is 0 Å². The zero-order chi connectivity index (χ0) is 27.7. The van der Waals surface area contributed by atoms with Gasteiger partial charge in [0.1, 0.15) is 12.6 Å². The van der Waals surface area contributed by atoms with Crippen molar-refractivity contribution in [3.63, 3.8) is 0 Å². The molecule has 3 rings (SSSR count). The quantitative estimate of drug-likeness (QED) is 0.288. The SMILES string of the molecule is CCCCNC(=O)[C@H](C)N(Cc1ccccc1)C(=O)CN(c1cc(Cl)cc(Cl)c1)S(=O)(=O)c1ccccc1. The molecule has 7 nitrogen and oxygen atoms in total. The highest BCUT2D eigenvalue weighted by Crippen LogP contribution is 2.30. The van der Waals surface area contributed by atoms with E-state index in [0.717, 1.165) is 22.7 Å². The van der Waals surface area contributed by atoms with Crippen molar-refractivity contribution >= 4 is 50.7 Å². The van der Waals surface area contributed by atoms with E-state index in [1.165, 1.54) is 35.2 Å². The molecular formula is C28H31Cl2N3O4S. The minimum absolute atomic E-state index is 0.00358. The second-order valence-electron chi connectivity index (χ2n) is 8.78. The molecule has 1 N–H and O–H groups in total. The number of rotatable bonds is 12. The maximum Gasteiger partial charge on any atom is 0.264 e. The Balaban J connectivity index is 2.00. The maximum atomic E-state index is 13.8. The summed E-state index contributed by atoms with van der Waals surface area (Å²) in [6, 6.07) is 20.5. The van der Waals surface area contributed by atoms with Crippen molar-refractivity contribution in [2.75, 3.05) is 17.4 Å². The van der Waals surface area contributed by atoms with Gasteiger partial charge in [-0.2, -0.15) is 0 Å². The smallest absolute Gasteiger partial charge is 0.264 e. The lowest BCUT2D eigenvalue weighted by molar-refractivity contribution is -0.139. The normalized spacial score (nSPS) is 12.0. The molecule has 0 heterocycles. The molecule has 0 bridgehead atoms. The first-order chi connectivity index (χ1) is 18.1. The number of nitrogens with one attached hydrogen (secondary N) is 1. The molecule has 3 aromatic rings. The van der Waals surface area contributed by atoms with Crippen molar-refractivity contribution in [3.8, 4) is 0 Å². The molecular weight excluding hydrogens is 545 g/mol. The first kappa shape index (κ1) is 29.5. The number of anilines is 1. The van der Waals surface area contributed by atoms with E-state index >= 15 is 0 Å². The van der Waals surface area contributed by atoms with Crippen molar-refractivity contribution in [2.24, 2.45) is 0 Å². The van der Waals surface area contributed by atoms with Gasteiger partial charge in [0.25, 0.3) is 10.0 Å². The van der Waals surface area contributed by atoms with Gasteiger partial charge in [0.05, 0.1) is 10.6 Å². The number of hydrogen-bond donors (Lipinski definition) is 1. The van der Waals surface area contributed by atoms with Crippen molar-refractivity contribution in [2.45, 2.75) is 44.2 Å². The lowest BCUT2D eigenvalue weighted by Crippen LogP contribution is -2.51. The molecule has 3 aromatic carbocycles. The number of nitrogens with zero attached hydrogens (tertiary/aromatic N) is 2. The lowest BCUT2D eigenvalue weighted by atomic mass is 10.1. The van der Waals surface area contributed by atoms with Gasteiger partial charge >= 0.3 is 0 Å². The van der Waals surface area contributed by atoms with Crippen LogP contribution in [0.5, 0.6) is 0 Å². The van der Waals surface area contributed by atoms with Gasteiger partial charge in [-0.25, -0.2) is 8.42 Å². The summed E-state index contributed by atoms with van der Waals surface area (Å²) in [4.78, 5) is 28.2. The second kappa shape index (κ2) is 13.6. The molecule has 202 valence electrons. The number of carbonyl (C=O) groups excluding carboxylic acids is 2. The van der Waals surface area contributed by atoms with Crippen molar-refractivity contribution in [1.82, 2.24) is 10.2 Å². The van der Waals surface area contributed by atoms with E-state index in [2.05, 4.69) is 5.32 Å². The first-order valence-corrected chi connectivity index (χ1v) is 14.5. The van der Waals surface area contributed by atoms with E-state index in [9.17, 15) is 18.0 Å². The van der Waals surface area contributed by atoms with Gasteiger partial charge in [-0.1, -0.05) is 85.1 Å². The molecule has 2 amide bonds. The Bertz CT molecular complexity index is 1320. The zero-order valence-electron chi connectivity index (χ0n) is 21.3. The maximum absolute atomic E-state index is 13.8. The average molecular weight is 577 g/mol. The van der Waals surface area contributed by atoms with Crippen LogP contribution in [0.1, 0.15) is 32.3 Å². The fourth-order valence-electron chi connectivity index (χ4n) is 3.83. The van der Waals surface area contributed by atoms with Gasteiger partial charge in [0.2, 0.25) is 11.8 Å². The van der Waals surface area contributed by atoms with Crippen molar-refractivity contribution < 1.29 is 18.0 Å². The lowest BCUT2D eigenvalue weighted by Gasteiger charge is -2.32.